The van der Waals surface area contributed by atoms with Crippen molar-refractivity contribution in [1.29, 1.82) is 0 Å². The number of hydrogen-bond donors (Lipinski definition) is 0. The van der Waals surface area contributed by atoms with Crippen LogP contribution in [-0.2, 0) is 0 Å². The molecule has 0 aromatic heterocycles. The number of halogens is 1. The van der Waals surface area contributed by atoms with Crippen molar-refractivity contribution in [2.75, 3.05) is 0 Å². The largest absolute Gasteiger partial charge is 0.316 e. The van der Waals surface area contributed by atoms with Gasteiger partial charge in [-0.25, -0.2) is 0 Å². The molecule has 0 heterocycles. The molecule has 0 aromatic rings. The number of rotatable bonds is 0. The molecule has 0 fully saturated rings. The van der Waals surface area contributed by atoms with Crippen LogP contribution in [0.3, 0.4) is 0 Å². The zero-order valence-corrected chi connectivity index (χ0v) is 3.38. The summed E-state index contributed by atoms with van der Waals surface area (Å²) in [6, 6.07) is 0. The fourth-order valence-corrected chi connectivity index (χ4v) is 0. The molecule has 0 N–H and O–H groups in total. The predicted molar refractivity (Wildman–Crippen MR) is 36.7 cm³/mol. The summed E-state index contributed by atoms with van der Waals surface area (Å²) in [6.07, 6.45) is 0. The van der Waals surface area contributed by atoms with Crippen molar-refractivity contribution in [3.8, 4) is 0 Å². The van der Waals surface area contributed by atoms with Gasteiger partial charge in [-0.05, 0) is 0 Å². The summed E-state index contributed by atoms with van der Waals surface area (Å²) in [4.78, 5) is 0. The van der Waals surface area contributed by atoms with Crippen LogP contribution in [0.1, 0.15) is 0 Å². The first-order chi connectivity index (χ1) is 1.00. The van der Waals surface area contributed by atoms with Crippen LogP contribution in [0, 0.1) is 0 Å². The Morgan fingerprint density at radius 1 is 1.20 bits per heavy atom. The molecular weight excluding hydrogens is 137 g/mol. The second kappa shape index (κ2) is 27.6. The summed E-state index contributed by atoms with van der Waals surface area (Å²) in [6.45, 7) is 0. The summed E-state index contributed by atoms with van der Waals surface area (Å²) in [5, 5.41) is 0. The molecule has 0 aliphatic heterocycles. The normalized spacial score (nSPS) is 1.80. The molecule has 5 heteroatoms. The summed E-state index contributed by atoms with van der Waals surface area (Å²) in [7, 11) is -0.194. The van der Waals surface area contributed by atoms with Gasteiger partial charge in [0.2, 0.25) is 10.6 Å². The minimum Gasteiger partial charge on any atom is 0.316 e. The molecule has 0 radical (unpaired) electrons. The first kappa shape index (κ1) is 24.3. The van der Waals surface area contributed by atoms with Crippen LogP contribution in [0.2, 0.25) is 0 Å². The SMILES string of the molecule is F[SiH3].[AlH3].[KH].[MgH2]. The molecule has 0 saturated carbocycles. The van der Waals surface area contributed by atoms with E-state index in [4.69, 9.17) is 0 Å². The van der Waals surface area contributed by atoms with Crippen molar-refractivity contribution in [3.63, 3.8) is 0 Å². The quantitative estimate of drug-likeness (QED) is 0.246. The molecule has 26 valence electrons. The van der Waals surface area contributed by atoms with Gasteiger partial charge in [0.05, 0.1) is 0 Å². The molecule has 0 nitrogen and oxygen atoms in total. The average Bonchev–Trinajstić information content (AvgIpc) is 1.00. The fraction of sp³-hybridized carbons (Fsp3) is 0. The van der Waals surface area contributed by atoms with Gasteiger partial charge in [-0.2, -0.15) is 0 Å². The number of hydrogen-bond acceptors (Lipinski definition) is 0. The van der Waals surface area contributed by atoms with Crippen LogP contribution < -0.4 is 0 Å². The summed E-state index contributed by atoms with van der Waals surface area (Å²) in [5.74, 6) is 0. The van der Waals surface area contributed by atoms with E-state index in [1.165, 1.54) is 0 Å². The van der Waals surface area contributed by atoms with Crippen molar-refractivity contribution in [3.05, 3.63) is 0 Å². The maximum atomic E-state index is 9.64. The Balaban J connectivity index is -0.00000000167. The van der Waals surface area contributed by atoms with Crippen LogP contribution >= 0.6 is 0 Å². The van der Waals surface area contributed by atoms with Crippen molar-refractivity contribution in [1.82, 2.24) is 0 Å². The molecule has 5 heavy (non-hydrogen) atoms. The van der Waals surface area contributed by atoms with E-state index in [0.717, 1.165) is 0 Å². The van der Waals surface area contributed by atoms with Gasteiger partial charge in [-0.15, -0.1) is 0 Å². The second-order valence-corrected chi connectivity index (χ2v) is 0. The maximum Gasteiger partial charge on any atom is 0.316 e. The third kappa shape index (κ3) is 19.3. The smallest absolute Gasteiger partial charge is 0.316 e. The topological polar surface area (TPSA) is 0 Å². The molecule has 0 bridgehead atoms. The Morgan fingerprint density at radius 2 is 1.20 bits per heavy atom. The van der Waals surface area contributed by atoms with Crippen molar-refractivity contribution in [2.24, 2.45) is 0 Å². The van der Waals surface area contributed by atoms with Crippen LogP contribution in [0.15, 0.2) is 0 Å². The summed E-state index contributed by atoms with van der Waals surface area (Å²) in [5.41, 5.74) is 0. The summed E-state index contributed by atoms with van der Waals surface area (Å²) < 4.78 is 9.64. The Labute approximate surface area is 104 Å². The second-order valence-electron chi connectivity index (χ2n) is 0. The minimum atomic E-state index is -0.194. The molecule has 0 spiro atoms. The van der Waals surface area contributed by atoms with Crippen molar-refractivity contribution >= 4 is 102 Å². The van der Waals surface area contributed by atoms with E-state index in [-0.39, 0.29) is 102 Å². The van der Waals surface area contributed by atoms with Gasteiger partial charge < -0.3 is 4.11 Å². The van der Waals surface area contributed by atoms with Gasteiger partial charge in [0.15, 0.2) is 17.4 Å². The molecule has 0 aliphatic carbocycles. The van der Waals surface area contributed by atoms with Crippen LogP contribution in [-0.4, -0.2) is 102 Å². The van der Waals surface area contributed by atoms with Gasteiger partial charge in [-0.3, -0.25) is 0 Å². The van der Waals surface area contributed by atoms with Gasteiger partial charge in [0.25, 0.3) is 0 Å². The minimum absolute atomic E-state index is 0. The van der Waals surface area contributed by atoms with Crippen LogP contribution in [0.25, 0.3) is 0 Å². The maximum absolute atomic E-state index is 9.64. The van der Waals surface area contributed by atoms with E-state index in [0.29, 0.717) is 0 Å². The van der Waals surface area contributed by atoms with E-state index in [9.17, 15) is 4.11 Å². The fourth-order valence-electron chi connectivity index (χ4n) is 0. The van der Waals surface area contributed by atoms with Crippen LogP contribution in [0.4, 0.5) is 4.11 Å². The molecule has 0 amide bonds. The van der Waals surface area contributed by atoms with Crippen LogP contribution in [0.5, 0.6) is 0 Å². The third-order valence-electron chi connectivity index (χ3n) is 0. The molecule has 0 saturated heterocycles. The van der Waals surface area contributed by atoms with E-state index < -0.39 is 0 Å². The molecule has 0 unspecified atom stereocenters. The van der Waals surface area contributed by atoms with E-state index in [1.54, 1.807) is 0 Å². The zero-order valence-electron chi connectivity index (χ0n) is 1.38. The zero-order chi connectivity index (χ0) is 2.00. The van der Waals surface area contributed by atoms with E-state index >= 15 is 0 Å². The van der Waals surface area contributed by atoms with E-state index in [2.05, 4.69) is 0 Å². The summed E-state index contributed by atoms with van der Waals surface area (Å²) >= 11 is 0. The molecule has 0 aromatic carbocycles. The van der Waals surface area contributed by atoms with Crippen molar-refractivity contribution in [2.45, 2.75) is 0 Å². The Kier molecular flexibility index (Phi) is 134. The first-order valence-electron chi connectivity index (χ1n) is 0.378. The van der Waals surface area contributed by atoms with Gasteiger partial charge in [0.1, 0.15) is 0 Å². The van der Waals surface area contributed by atoms with Gasteiger partial charge in [-0.1, -0.05) is 0 Å². The molecule has 0 rings (SSSR count). The monoisotopic (exact) mass is 146 g/mol. The van der Waals surface area contributed by atoms with Gasteiger partial charge in [0, 0.05) is 0 Å². The Hall–Kier alpha value is 3.08. The van der Waals surface area contributed by atoms with Gasteiger partial charge >= 0.3 is 74.4 Å². The molecule has 0 atom stereocenters. The predicted octanol–water partition coefficient (Wildman–Crippen LogP) is -3.51. The molecular formula is H9AlFKMgSi. The average molecular weight is 147 g/mol. The molecule has 0 aliphatic rings. The van der Waals surface area contributed by atoms with Crippen molar-refractivity contribution < 1.29 is 4.11 Å². The standard InChI is InChI=1S/Al.FH3Si.K.Mg.6H/c;1-2;;;;;;;;/h;2H3;;;;;;;;. The third-order valence-corrected chi connectivity index (χ3v) is 0. The van der Waals surface area contributed by atoms with E-state index in [1.807, 2.05) is 0 Å². The Bertz CT molecular complexity index is 11.6. The first-order valence-corrected chi connectivity index (χ1v) is 1.13. The Morgan fingerprint density at radius 3 is 1.20 bits per heavy atom.